The van der Waals surface area contributed by atoms with Crippen molar-refractivity contribution in [2.24, 2.45) is 5.73 Å². The Hall–Kier alpha value is -0.810. The third-order valence-corrected chi connectivity index (χ3v) is 3.76. The topological polar surface area (TPSA) is 41.7 Å². The molecule has 0 bridgehead atoms. The Labute approximate surface area is 120 Å². The molecular weight excluding hydrogens is 262 g/mol. The molecule has 1 aromatic carbocycles. The van der Waals surface area contributed by atoms with Gasteiger partial charge in [-0.15, -0.1) is 0 Å². The van der Waals surface area contributed by atoms with E-state index in [1.807, 2.05) is 24.3 Å². The Bertz CT molecular complexity index is 402. The Kier molecular flexibility index (Phi) is 5.45. The van der Waals surface area contributed by atoms with Crippen LogP contribution >= 0.6 is 11.6 Å². The second-order valence-electron chi connectivity index (χ2n) is 4.99. The van der Waals surface area contributed by atoms with Gasteiger partial charge in [-0.05, 0) is 25.2 Å². The summed E-state index contributed by atoms with van der Waals surface area (Å²) in [6, 6.07) is 7.94. The van der Waals surface area contributed by atoms with Gasteiger partial charge in [0.05, 0.1) is 0 Å². The molecule has 19 heavy (non-hydrogen) atoms. The van der Waals surface area contributed by atoms with E-state index in [9.17, 15) is 0 Å². The SMILES string of the molecule is CN1CCN(CCOc2cccc(Cl)c2)C(CN)C1. The average molecular weight is 284 g/mol. The fourth-order valence-corrected chi connectivity index (χ4v) is 2.58. The number of ether oxygens (including phenoxy) is 1. The second kappa shape index (κ2) is 7.10. The van der Waals surface area contributed by atoms with E-state index in [-0.39, 0.29) is 0 Å². The Balaban J connectivity index is 1.78. The largest absolute Gasteiger partial charge is 0.492 e. The molecule has 5 heteroatoms. The van der Waals surface area contributed by atoms with E-state index in [0.29, 0.717) is 24.2 Å². The maximum Gasteiger partial charge on any atom is 0.120 e. The second-order valence-corrected chi connectivity index (χ2v) is 5.43. The Morgan fingerprint density at radius 1 is 1.42 bits per heavy atom. The number of hydrogen-bond acceptors (Lipinski definition) is 4. The molecule has 0 saturated carbocycles. The van der Waals surface area contributed by atoms with Gasteiger partial charge in [-0.2, -0.15) is 0 Å². The van der Waals surface area contributed by atoms with Gasteiger partial charge in [0, 0.05) is 43.8 Å². The van der Waals surface area contributed by atoms with Crippen molar-refractivity contribution < 1.29 is 4.74 Å². The lowest BCUT2D eigenvalue weighted by Gasteiger charge is -2.39. The van der Waals surface area contributed by atoms with Gasteiger partial charge in [-0.1, -0.05) is 17.7 Å². The van der Waals surface area contributed by atoms with E-state index in [1.54, 1.807) is 0 Å². The number of benzene rings is 1. The van der Waals surface area contributed by atoms with Gasteiger partial charge in [0.1, 0.15) is 12.4 Å². The van der Waals surface area contributed by atoms with Crippen molar-refractivity contribution in [3.8, 4) is 5.75 Å². The zero-order chi connectivity index (χ0) is 13.7. The molecule has 0 radical (unpaired) electrons. The number of hydrogen-bond donors (Lipinski definition) is 1. The van der Waals surface area contributed by atoms with Crippen LogP contribution in [0, 0.1) is 0 Å². The van der Waals surface area contributed by atoms with Gasteiger partial charge >= 0.3 is 0 Å². The highest BCUT2D eigenvalue weighted by Crippen LogP contribution is 2.17. The number of nitrogens with two attached hydrogens (primary N) is 1. The average Bonchev–Trinajstić information content (AvgIpc) is 2.40. The lowest BCUT2D eigenvalue weighted by Crippen LogP contribution is -2.55. The first-order valence-corrected chi connectivity index (χ1v) is 7.08. The van der Waals surface area contributed by atoms with E-state index in [2.05, 4.69) is 16.8 Å². The van der Waals surface area contributed by atoms with Gasteiger partial charge < -0.3 is 15.4 Å². The summed E-state index contributed by atoms with van der Waals surface area (Å²) in [4.78, 5) is 4.73. The van der Waals surface area contributed by atoms with Crippen LogP contribution in [0.15, 0.2) is 24.3 Å². The lowest BCUT2D eigenvalue weighted by atomic mass is 10.2. The van der Waals surface area contributed by atoms with Gasteiger partial charge in [-0.3, -0.25) is 4.90 Å². The van der Waals surface area contributed by atoms with E-state index in [1.165, 1.54) is 0 Å². The summed E-state index contributed by atoms with van der Waals surface area (Å²) >= 11 is 5.92. The van der Waals surface area contributed by atoms with Crippen molar-refractivity contribution >= 4 is 11.6 Å². The van der Waals surface area contributed by atoms with Crippen molar-refractivity contribution in [1.82, 2.24) is 9.80 Å². The summed E-state index contributed by atoms with van der Waals surface area (Å²) in [5.74, 6) is 0.825. The van der Waals surface area contributed by atoms with Gasteiger partial charge in [0.25, 0.3) is 0 Å². The molecular formula is C14H22ClN3O. The zero-order valence-electron chi connectivity index (χ0n) is 11.4. The molecule has 1 fully saturated rings. The molecule has 1 aliphatic heterocycles. The Morgan fingerprint density at radius 3 is 3.00 bits per heavy atom. The van der Waals surface area contributed by atoms with Crippen LogP contribution in [0.3, 0.4) is 0 Å². The summed E-state index contributed by atoms with van der Waals surface area (Å²) in [5.41, 5.74) is 5.83. The first kappa shape index (κ1) is 14.6. The quantitative estimate of drug-likeness (QED) is 0.884. The maximum atomic E-state index is 5.92. The predicted octanol–water partition coefficient (Wildman–Crippen LogP) is 1.29. The molecule has 0 aliphatic carbocycles. The molecule has 1 saturated heterocycles. The monoisotopic (exact) mass is 283 g/mol. The van der Waals surface area contributed by atoms with Crippen LogP contribution in [-0.4, -0.2) is 62.2 Å². The first-order valence-electron chi connectivity index (χ1n) is 6.70. The van der Waals surface area contributed by atoms with Crippen LogP contribution in [0.1, 0.15) is 0 Å². The summed E-state index contributed by atoms with van der Waals surface area (Å²) < 4.78 is 5.73. The zero-order valence-corrected chi connectivity index (χ0v) is 12.1. The van der Waals surface area contributed by atoms with Gasteiger partial charge in [0.2, 0.25) is 0 Å². The molecule has 2 N–H and O–H groups in total. The highest BCUT2D eigenvalue weighted by atomic mass is 35.5. The van der Waals surface area contributed by atoms with Crippen LogP contribution in [0.4, 0.5) is 0 Å². The fourth-order valence-electron chi connectivity index (χ4n) is 2.40. The van der Waals surface area contributed by atoms with Crippen LogP contribution in [0.25, 0.3) is 0 Å². The summed E-state index contributed by atoms with van der Waals surface area (Å²) in [5, 5.41) is 0.705. The molecule has 1 aromatic rings. The number of halogens is 1. The number of nitrogens with zero attached hydrogens (tertiary/aromatic N) is 2. The minimum absolute atomic E-state index is 0.432. The van der Waals surface area contributed by atoms with Crippen LogP contribution < -0.4 is 10.5 Å². The lowest BCUT2D eigenvalue weighted by molar-refractivity contribution is 0.0807. The van der Waals surface area contributed by atoms with Gasteiger partial charge in [-0.25, -0.2) is 0 Å². The molecule has 0 amide bonds. The van der Waals surface area contributed by atoms with Crippen molar-refractivity contribution in [1.29, 1.82) is 0 Å². The minimum atomic E-state index is 0.432. The van der Waals surface area contributed by atoms with Crippen LogP contribution in [0.5, 0.6) is 5.75 Å². The number of rotatable bonds is 5. The number of piperazine rings is 1. The van der Waals surface area contributed by atoms with Crippen molar-refractivity contribution in [2.45, 2.75) is 6.04 Å². The standard InChI is InChI=1S/C14H22ClN3O/c1-17-5-6-18(13(10-16)11-17)7-8-19-14-4-2-3-12(15)9-14/h2-4,9,13H,5-8,10-11,16H2,1H3. The molecule has 1 heterocycles. The molecule has 4 nitrogen and oxygen atoms in total. The normalized spacial score (nSPS) is 21.5. The van der Waals surface area contributed by atoms with Crippen LogP contribution in [-0.2, 0) is 0 Å². The summed E-state index contributed by atoms with van der Waals surface area (Å²) in [6.07, 6.45) is 0. The van der Waals surface area contributed by atoms with E-state index >= 15 is 0 Å². The van der Waals surface area contributed by atoms with Crippen molar-refractivity contribution in [2.75, 3.05) is 46.4 Å². The van der Waals surface area contributed by atoms with Crippen LogP contribution in [0.2, 0.25) is 5.02 Å². The van der Waals surface area contributed by atoms with E-state index in [0.717, 1.165) is 31.9 Å². The minimum Gasteiger partial charge on any atom is -0.492 e. The number of likely N-dealkylation sites (N-methyl/N-ethyl adjacent to an activating group) is 1. The van der Waals surface area contributed by atoms with Crippen molar-refractivity contribution in [3.05, 3.63) is 29.3 Å². The summed E-state index contributed by atoms with van der Waals surface area (Å²) in [6.45, 7) is 5.45. The Morgan fingerprint density at radius 2 is 2.26 bits per heavy atom. The van der Waals surface area contributed by atoms with Crippen molar-refractivity contribution in [3.63, 3.8) is 0 Å². The highest BCUT2D eigenvalue weighted by Gasteiger charge is 2.23. The highest BCUT2D eigenvalue weighted by molar-refractivity contribution is 6.30. The maximum absolute atomic E-state index is 5.92. The van der Waals surface area contributed by atoms with E-state index < -0.39 is 0 Å². The third kappa shape index (κ3) is 4.35. The molecule has 2 rings (SSSR count). The smallest absolute Gasteiger partial charge is 0.120 e. The molecule has 1 unspecified atom stereocenters. The fraction of sp³-hybridized carbons (Fsp3) is 0.571. The molecule has 1 aliphatic rings. The predicted molar refractivity (Wildman–Crippen MR) is 78.9 cm³/mol. The van der Waals surface area contributed by atoms with Gasteiger partial charge in [0.15, 0.2) is 0 Å². The molecule has 0 aromatic heterocycles. The first-order chi connectivity index (χ1) is 9.19. The summed E-state index contributed by atoms with van der Waals surface area (Å²) in [7, 11) is 2.14. The van der Waals surface area contributed by atoms with E-state index in [4.69, 9.17) is 22.1 Å². The molecule has 1 atom stereocenters. The molecule has 0 spiro atoms. The molecule has 106 valence electrons. The third-order valence-electron chi connectivity index (χ3n) is 3.52.